The van der Waals surface area contributed by atoms with Crippen molar-refractivity contribution < 1.29 is 9.13 Å². The van der Waals surface area contributed by atoms with Crippen LogP contribution in [0.3, 0.4) is 0 Å². The van der Waals surface area contributed by atoms with E-state index in [9.17, 15) is 0 Å². The van der Waals surface area contributed by atoms with Crippen molar-refractivity contribution in [3.05, 3.63) is 0 Å². The third-order valence-electron chi connectivity index (χ3n) is 5.15. The molecule has 0 aromatic carbocycles. The number of halogens is 1. The molecule has 1 N–H and O–H groups in total. The first-order valence-corrected chi connectivity index (χ1v) is 7.26. The lowest BCUT2D eigenvalue weighted by atomic mass is 9.67. The average Bonchev–Trinajstić information content (AvgIpc) is 2.53. The van der Waals surface area contributed by atoms with Gasteiger partial charge in [-0.05, 0) is 70.4 Å². The second-order valence-electron chi connectivity index (χ2n) is 6.21. The largest absolute Gasteiger partial charge is 0.375 e. The van der Waals surface area contributed by atoms with Crippen LogP contribution >= 0.6 is 0 Å². The molecule has 3 rings (SSSR count). The van der Waals surface area contributed by atoms with Gasteiger partial charge >= 0.3 is 0 Å². The van der Waals surface area contributed by atoms with Gasteiger partial charge < -0.3 is 10.1 Å². The van der Waals surface area contributed by atoms with Gasteiger partial charge in [0.15, 0.2) is 0 Å². The van der Waals surface area contributed by atoms with Gasteiger partial charge in [-0.25, -0.2) is 4.39 Å². The Bertz CT molecular complexity index is 269. The van der Waals surface area contributed by atoms with Crippen LogP contribution in [0.4, 0.5) is 4.39 Å². The molecule has 2 unspecified atom stereocenters. The van der Waals surface area contributed by atoms with Gasteiger partial charge in [0.25, 0.3) is 0 Å². The normalized spacial score (nSPS) is 41.8. The first-order valence-electron chi connectivity index (χ1n) is 7.26. The van der Waals surface area contributed by atoms with Gasteiger partial charge in [-0.1, -0.05) is 0 Å². The molecule has 0 aromatic heterocycles. The van der Waals surface area contributed by atoms with E-state index in [2.05, 4.69) is 5.32 Å². The highest BCUT2D eigenvalue weighted by atomic mass is 19.1. The van der Waals surface area contributed by atoms with Crippen LogP contribution in [-0.4, -0.2) is 31.0 Å². The van der Waals surface area contributed by atoms with E-state index < -0.39 is 5.67 Å². The van der Waals surface area contributed by atoms with Crippen LogP contribution < -0.4 is 5.32 Å². The number of rotatable bonds is 1. The molecule has 3 heteroatoms. The van der Waals surface area contributed by atoms with Gasteiger partial charge in [0.05, 0.1) is 5.60 Å². The SMILES string of the molecule is FC1(C2CCOC3(CCC3)C2)CCCNCC1. The molecule has 3 aliphatic rings. The molecule has 17 heavy (non-hydrogen) atoms. The maximum atomic E-state index is 15.1. The first-order chi connectivity index (χ1) is 8.23. The summed E-state index contributed by atoms with van der Waals surface area (Å²) in [5.74, 6) is 0.247. The summed E-state index contributed by atoms with van der Waals surface area (Å²) in [7, 11) is 0. The molecule has 0 bridgehead atoms. The standard InChI is InChI=1S/C14H24FNO/c15-14(6-2-8-16-9-7-14)12-3-10-17-13(11-12)4-1-5-13/h12,16H,1-11H2. The molecular weight excluding hydrogens is 217 g/mol. The molecule has 98 valence electrons. The van der Waals surface area contributed by atoms with Crippen LogP contribution in [0.15, 0.2) is 0 Å². The predicted octanol–water partition coefficient (Wildman–Crippen LogP) is 2.82. The van der Waals surface area contributed by atoms with Crippen LogP contribution in [0.2, 0.25) is 0 Å². The Kier molecular flexibility index (Phi) is 3.16. The van der Waals surface area contributed by atoms with Crippen LogP contribution in [0.5, 0.6) is 0 Å². The molecule has 0 radical (unpaired) electrons. The van der Waals surface area contributed by atoms with Crippen molar-refractivity contribution in [1.82, 2.24) is 5.32 Å². The Morgan fingerprint density at radius 2 is 1.94 bits per heavy atom. The lowest BCUT2D eigenvalue weighted by Crippen LogP contribution is -2.50. The number of hydrogen-bond acceptors (Lipinski definition) is 2. The maximum absolute atomic E-state index is 15.1. The molecular formula is C14H24FNO. The highest BCUT2D eigenvalue weighted by molar-refractivity contribution is 5.00. The van der Waals surface area contributed by atoms with Gasteiger partial charge in [-0.2, -0.15) is 0 Å². The summed E-state index contributed by atoms with van der Waals surface area (Å²) in [5, 5.41) is 3.32. The average molecular weight is 241 g/mol. The molecule has 2 atom stereocenters. The third-order valence-corrected chi connectivity index (χ3v) is 5.15. The summed E-state index contributed by atoms with van der Waals surface area (Å²) in [5.41, 5.74) is -0.836. The molecule has 1 aliphatic carbocycles. The van der Waals surface area contributed by atoms with Crippen molar-refractivity contribution in [2.24, 2.45) is 5.92 Å². The minimum Gasteiger partial charge on any atom is -0.375 e. The second kappa shape index (κ2) is 4.51. The molecule has 0 aromatic rings. The zero-order valence-corrected chi connectivity index (χ0v) is 10.6. The fourth-order valence-electron chi connectivity index (χ4n) is 3.85. The van der Waals surface area contributed by atoms with Gasteiger partial charge in [0, 0.05) is 6.61 Å². The molecule has 2 heterocycles. The van der Waals surface area contributed by atoms with E-state index in [0.29, 0.717) is 6.42 Å². The topological polar surface area (TPSA) is 21.3 Å². The van der Waals surface area contributed by atoms with Crippen molar-refractivity contribution in [3.8, 4) is 0 Å². The van der Waals surface area contributed by atoms with E-state index >= 15 is 4.39 Å². The van der Waals surface area contributed by atoms with Gasteiger partial charge in [-0.3, -0.25) is 0 Å². The zero-order chi connectivity index (χ0) is 11.8. The Balaban J connectivity index is 1.69. The minimum absolute atomic E-state index is 0.0851. The molecule has 2 aliphatic heterocycles. The molecule has 1 saturated carbocycles. The number of nitrogens with one attached hydrogen (secondary N) is 1. The molecule has 2 nitrogen and oxygen atoms in total. The van der Waals surface area contributed by atoms with Crippen LogP contribution in [-0.2, 0) is 4.74 Å². The predicted molar refractivity (Wildman–Crippen MR) is 65.8 cm³/mol. The highest BCUT2D eigenvalue weighted by Crippen LogP contribution is 2.49. The minimum atomic E-state index is -0.921. The fraction of sp³-hybridized carbons (Fsp3) is 1.00. The Labute approximate surface area is 103 Å². The molecule has 2 saturated heterocycles. The Morgan fingerprint density at radius 3 is 2.71 bits per heavy atom. The van der Waals surface area contributed by atoms with E-state index in [1.54, 1.807) is 0 Å². The maximum Gasteiger partial charge on any atom is 0.115 e. The third kappa shape index (κ3) is 2.24. The fourth-order valence-corrected chi connectivity index (χ4v) is 3.85. The van der Waals surface area contributed by atoms with Crippen LogP contribution in [0, 0.1) is 5.92 Å². The molecule has 0 amide bonds. The molecule has 3 fully saturated rings. The summed E-state index contributed by atoms with van der Waals surface area (Å²) in [4.78, 5) is 0. The monoisotopic (exact) mass is 241 g/mol. The Morgan fingerprint density at radius 1 is 1.06 bits per heavy atom. The van der Waals surface area contributed by atoms with Gasteiger partial charge in [0.2, 0.25) is 0 Å². The zero-order valence-electron chi connectivity index (χ0n) is 10.6. The summed E-state index contributed by atoms with van der Waals surface area (Å²) in [6.07, 6.45) is 7.94. The number of ether oxygens (including phenoxy) is 1. The van der Waals surface area contributed by atoms with Gasteiger partial charge in [-0.15, -0.1) is 0 Å². The van der Waals surface area contributed by atoms with E-state index in [-0.39, 0.29) is 11.5 Å². The van der Waals surface area contributed by atoms with E-state index in [1.807, 2.05) is 0 Å². The van der Waals surface area contributed by atoms with Crippen molar-refractivity contribution >= 4 is 0 Å². The quantitative estimate of drug-likeness (QED) is 0.762. The molecule has 1 spiro atoms. The Hall–Kier alpha value is -0.150. The van der Waals surface area contributed by atoms with E-state index in [0.717, 1.165) is 58.2 Å². The second-order valence-corrected chi connectivity index (χ2v) is 6.21. The summed E-state index contributed by atoms with van der Waals surface area (Å²) in [6.45, 7) is 2.62. The van der Waals surface area contributed by atoms with E-state index in [1.165, 1.54) is 6.42 Å². The summed E-state index contributed by atoms with van der Waals surface area (Å²) >= 11 is 0. The van der Waals surface area contributed by atoms with Crippen molar-refractivity contribution in [2.75, 3.05) is 19.7 Å². The smallest absolute Gasteiger partial charge is 0.115 e. The highest BCUT2D eigenvalue weighted by Gasteiger charge is 2.49. The van der Waals surface area contributed by atoms with Gasteiger partial charge in [0.1, 0.15) is 5.67 Å². The van der Waals surface area contributed by atoms with Crippen LogP contribution in [0.1, 0.15) is 51.4 Å². The lowest BCUT2D eigenvalue weighted by molar-refractivity contribution is -0.164. The van der Waals surface area contributed by atoms with Crippen molar-refractivity contribution in [1.29, 1.82) is 0 Å². The number of hydrogen-bond donors (Lipinski definition) is 1. The summed E-state index contributed by atoms with van der Waals surface area (Å²) in [6, 6.07) is 0. The van der Waals surface area contributed by atoms with Crippen molar-refractivity contribution in [3.63, 3.8) is 0 Å². The van der Waals surface area contributed by atoms with Crippen molar-refractivity contribution in [2.45, 2.75) is 62.6 Å². The summed E-state index contributed by atoms with van der Waals surface area (Å²) < 4.78 is 21.0. The van der Waals surface area contributed by atoms with Crippen LogP contribution in [0.25, 0.3) is 0 Å². The van der Waals surface area contributed by atoms with E-state index in [4.69, 9.17) is 4.74 Å². The first kappa shape index (κ1) is 11.9. The number of alkyl halides is 1. The lowest BCUT2D eigenvalue weighted by Gasteiger charge is -2.50.